The molecule has 3 N–H and O–H groups in total. The normalized spacial score (nSPS) is 13.6. The topological polar surface area (TPSA) is 100 Å². The number of phenolic OH excluding ortho intramolecular Hbond substituents is 1. The molecule has 2 amide bonds. The fraction of sp³-hybridized carbons (Fsp3) is 0.500. The van der Waals surface area contributed by atoms with Crippen LogP contribution in [0.1, 0.15) is 38.3 Å². The van der Waals surface area contributed by atoms with Crippen LogP contribution < -0.4 is 15.4 Å². The molecule has 0 aromatic heterocycles. The lowest BCUT2D eigenvalue weighted by Gasteiger charge is -2.32. The number of nitrogens with zero attached hydrogens (tertiary/aromatic N) is 1. The average Bonchev–Trinajstić information content (AvgIpc) is 2.87. The molecule has 36 heavy (non-hydrogen) atoms. The molecule has 0 saturated heterocycles. The minimum absolute atomic E-state index is 0.00404. The van der Waals surface area contributed by atoms with Crippen LogP contribution in [0.3, 0.4) is 0 Å². The third kappa shape index (κ3) is 7.96. The van der Waals surface area contributed by atoms with Crippen molar-refractivity contribution in [3.63, 3.8) is 0 Å². The fourth-order valence-electron chi connectivity index (χ4n) is 4.11. The lowest BCUT2D eigenvalue weighted by Crippen LogP contribution is -2.45. The van der Waals surface area contributed by atoms with E-state index in [1.54, 1.807) is 6.07 Å². The molecule has 1 atom stereocenters. The molecule has 0 bridgehead atoms. The summed E-state index contributed by atoms with van der Waals surface area (Å²) < 4.78 is 11.3. The Labute approximate surface area is 214 Å². The maximum absolute atomic E-state index is 13.0. The molecule has 8 heteroatoms. The van der Waals surface area contributed by atoms with Gasteiger partial charge in [0.2, 0.25) is 5.91 Å². The second kappa shape index (κ2) is 13.8. The van der Waals surface area contributed by atoms with Gasteiger partial charge in [0.15, 0.2) is 12.4 Å². The van der Waals surface area contributed by atoms with E-state index in [9.17, 15) is 14.7 Å². The van der Waals surface area contributed by atoms with Crippen molar-refractivity contribution >= 4 is 17.5 Å². The zero-order chi connectivity index (χ0) is 25.9. The molecule has 2 aromatic carbocycles. The number of fused-ring (bicyclic) bond motifs is 1. The number of ether oxygens (including phenoxy) is 2. The fourth-order valence-corrected chi connectivity index (χ4v) is 4.11. The first kappa shape index (κ1) is 27.5. The highest BCUT2D eigenvalue weighted by Crippen LogP contribution is 2.39. The van der Waals surface area contributed by atoms with E-state index in [1.807, 2.05) is 29.2 Å². The van der Waals surface area contributed by atoms with E-state index in [4.69, 9.17) is 9.47 Å². The number of rotatable bonds is 14. The van der Waals surface area contributed by atoms with Crippen LogP contribution >= 0.6 is 0 Å². The van der Waals surface area contributed by atoms with Gasteiger partial charge in [-0.1, -0.05) is 50.2 Å². The van der Waals surface area contributed by atoms with Gasteiger partial charge in [0.1, 0.15) is 11.4 Å². The van der Waals surface area contributed by atoms with Crippen LogP contribution in [0.25, 0.3) is 0 Å². The molecular formula is C28H39N3O5. The first-order valence-corrected chi connectivity index (χ1v) is 12.8. The summed E-state index contributed by atoms with van der Waals surface area (Å²) in [5.74, 6) is 0.696. The summed E-state index contributed by atoms with van der Waals surface area (Å²) in [6.07, 6.45) is 1.88. The summed E-state index contributed by atoms with van der Waals surface area (Å²) in [5.41, 5.74) is 2.47. The van der Waals surface area contributed by atoms with Gasteiger partial charge in [-0.05, 0) is 49.4 Å². The number of anilines is 1. The Morgan fingerprint density at radius 1 is 1.11 bits per heavy atom. The number of benzene rings is 2. The minimum Gasteiger partial charge on any atom is -0.506 e. The summed E-state index contributed by atoms with van der Waals surface area (Å²) in [4.78, 5) is 26.5. The molecule has 196 valence electrons. The van der Waals surface area contributed by atoms with Gasteiger partial charge in [-0.15, -0.1) is 0 Å². The quantitative estimate of drug-likeness (QED) is 0.273. The zero-order valence-electron chi connectivity index (χ0n) is 21.6. The van der Waals surface area contributed by atoms with E-state index in [0.29, 0.717) is 63.0 Å². The monoisotopic (exact) mass is 497 g/mol. The molecule has 3 rings (SSSR count). The van der Waals surface area contributed by atoms with E-state index in [1.165, 1.54) is 5.56 Å². The average molecular weight is 498 g/mol. The second-order valence-corrected chi connectivity index (χ2v) is 9.45. The number of carbonyl (C=O) groups excluding carboxylic acids is 2. The third-order valence-electron chi connectivity index (χ3n) is 6.54. The van der Waals surface area contributed by atoms with E-state index in [0.717, 1.165) is 12.0 Å². The number of hydrogen-bond acceptors (Lipinski definition) is 6. The van der Waals surface area contributed by atoms with Gasteiger partial charge in [0.05, 0.1) is 19.6 Å². The van der Waals surface area contributed by atoms with Crippen LogP contribution in [0.2, 0.25) is 0 Å². The lowest BCUT2D eigenvalue weighted by atomic mass is 10.0. The van der Waals surface area contributed by atoms with Crippen molar-refractivity contribution < 1.29 is 24.2 Å². The van der Waals surface area contributed by atoms with Crippen LogP contribution in [0.5, 0.6) is 11.5 Å². The molecule has 0 aliphatic carbocycles. The van der Waals surface area contributed by atoms with Crippen molar-refractivity contribution in [2.45, 2.75) is 46.1 Å². The summed E-state index contributed by atoms with van der Waals surface area (Å²) in [5, 5.41) is 16.1. The van der Waals surface area contributed by atoms with Crippen LogP contribution in [-0.4, -0.2) is 67.3 Å². The maximum atomic E-state index is 13.0. The molecule has 0 saturated carbocycles. The van der Waals surface area contributed by atoms with Crippen LogP contribution in [0, 0.1) is 5.92 Å². The Morgan fingerprint density at radius 2 is 1.89 bits per heavy atom. The highest BCUT2D eigenvalue weighted by molar-refractivity contribution is 5.97. The van der Waals surface area contributed by atoms with Gasteiger partial charge in [0, 0.05) is 19.1 Å². The maximum Gasteiger partial charge on any atom is 0.262 e. The third-order valence-corrected chi connectivity index (χ3v) is 6.54. The van der Waals surface area contributed by atoms with Gasteiger partial charge in [0.25, 0.3) is 5.91 Å². The van der Waals surface area contributed by atoms with Crippen molar-refractivity contribution in [2.24, 2.45) is 5.92 Å². The predicted molar refractivity (Wildman–Crippen MR) is 140 cm³/mol. The highest BCUT2D eigenvalue weighted by Gasteiger charge is 2.23. The Hall–Kier alpha value is -3.10. The zero-order valence-corrected chi connectivity index (χ0v) is 21.6. The highest BCUT2D eigenvalue weighted by atomic mass is 16.5. The summed E-state index contributed by atoms with van der Waals surface area (Å²) in [6.45, 7) is 9.26. The molecular weight excluding hydrogens is 458 g/mol. The number of aromatic hydroxyl groups is 1. The van der Waals surface area contributed by atoms with E-state index in [-0.39, 0.29) is 30.2 Å². The van der Waals surface area contributed by atoms with Gasteiger partial charge in [-0.3, -0.25) is 9.59 Å². The summed E-state index contributed by atoms with van der Waals surface area (Å²) in [7, 11) is 0. The molecule has 0 fully saturated rings. The minimum atomic E-state index is -0.279. The second-order valence-electron chi connectivity index (χ2n) is 9.45. The van der Waals surface area contributed by atoms with E-state index >= 15 is 0 Å². The van der Waals surface area contributed by atoms with Crippen molar-refractivity contribution in [3.05, 3.63) is 53.6 Å². The van der Waals surface area contributed by atoms with Crippen molar-refractivity contribution in [2.75, 3.05) is 44.8 Å². The SMILES string of the molecule is CC(C)[C@@H](C)N(CCNCCc1ccc(O)c2c1OCC(=O)N2)C(=O)CCOCCc1ccccc1. The Bertz CT molecular complexity index is 996. The number of hydrogen-bond donors (Lipinski definition) is 3. The van der Waals surface area contributed by atoms with Crippen molar-refractivity contribution in [3.8, 4) is 11.5 Å². The lowest BCUT2D eigenvalue weighted by molar-refractivity contribution is -0.135. The number of carbonyl (C=O) groups is 2. The molecule has 2 aromatic rings. The van der Waals surface area contributed by atoms with Crippen LogP contribution in [0.15, 0.2) is 42.5 Å². The number of phenols is 1. The smallest absolute Gasteiger partial charge is 0.262 e. The van der Waals surface area contributed by atoms with Gasteiger partial charge in [-0.2, -0.15) is 0 Å². The van der Waals surface area contributed by atoms with Gasteiger partial charge < -0.3 is 30.1 Å². The van der Waals surface area contributed by atoms with Crippen molar-refractivity contribution in [1.29, 1.82) is 0 Å². The molecule has 1 aliphatic rings. The first-order valence-electron chi connectivity index (χ1n) is 12.8. The summed E-state index contributed by atoms with van der Waals surface area (Å²) in [6, 6.07) is 13.7. The van der Waals surface area contributed by atoms with E-state index in [2.05, 4.69) is 43.5 Å². The molecule has 8 nitrogen and oxygen atoms in total. The molecule has 1 heterocycles. The standard InChI is InChI=1S/C28H39N3O5/c1-20(2)21(3)31(26(34)13-18-35-17-12-22-7-5-4-6-8-22)16-15-29-14-11-23-9-10-24(32)27-28(23)36-19-25(33)30-27/h4-10,20-21,29,32H,11-19H2,1-3H3,(H,30,33)/t21-/m1/s1. The van der Waals surface area contributed by atoms with Crippen LogP contribution in [-0.2, 0) is 27.2 Å². The van der Waals surface area contributed by atoms with Crippen LogP contribution in [0.4, 0.5) is 5.69 Å². The molecule has 0 spiro atoms. The van der Waals surface area contributed by atoms with Gasteiger partial charge >= 0.3 is 0 Å². The molecule has 1 aliphatic heterocycles. The molecule has 0 radical (unpaired) electrons. The predicted octanol–water partition coefficient (Wildman–Crippen LogP) is 3.38. The van der Waals surface area contributed by atoms with Gasteiger partial charge in [-0.25, -0.2) is 0 Å². The van der Waals surface area contributed by atoms with Crippen molar-refractivity contribution in [1.82, 2.24) is 10.2 Å². The molecule has 0 unspecified atom stereocenters. The Morgan fingerprint density at radius 3 is 2.64 bits per heavy atom. The first-order chi connectivity index (χ1) is 17.4. The Balaban J connectivity index is 1.42. The Kier molecular flexibility index (Phi) is 10.6. The number of amides is 2. The largest absolute Gasteiger partial charge is 0.506 e. The van der Waals surface area contributed by atoms with E-state index < -0.39 is 0 Å². The summed E-state index contributed by atoms with van der Waals surface area (Å²) >= 11 is 0. The number of nitrogens with one attached hydrogen (secondary N) is 2.